The highest BCUT2D eigenvalue weighted by atomic mass is 35.5. The third kappa shape index (κ3) is 1.74. The highest BCUT2D eigenvalue weighted by Crippen LogP contribution is 2.36. The van der Waals surface area contributed by atoms with Crippen LogP contribution in [-0.4, -0.2) is 0 Å². The molecule has 0 N–H and O–H groups in total. The van der Waals surface area contributed by atoms with Gasteiger partial charge in [0.25, 0.3) is 0 Å². The lowest BCUT2D eigenvalue weighted by molar-refractivity contribution is 1.12. The Balaban J connectivity index is 2.12. The first kappa shape index (κ1) is 10.2. The number of hydrogen-bond acceptors (Lipinski definition) is 1. The molecule has 0 nitrogen and oxygen atoms in total. The smallest absolute Gasteiger partial charge is 0.0449 e. The van der Waals surface area contributed by atoms with Gasteiger partial charge in [0.1, 0.15) is 0 Å². The van der Waals surface area contributed by atoms with Gasteiger partial charge in [-0.3, -0.25) is 0 Å². The molecule has 2 aromatic rings. The van der Waals surface area contributed by atoms with Crippen molar-refractivity contribution in [1.82, 2.24) is 0 Å². The quantitative estimate of drug-likeness (QED) is 0.658. The Bertz CT molecular complexity index is 534. The normalized spacial score (nSPS) is 13.8. The summed E-state index contributed by atoms with van der Waals surface area (Å²) >= 11 is 8.13. The van der Waals surface area contributed by atoms with Crippen LogP contribution < -0.4 is 0 Å². The van der Waals surface area contributed by atoms with E-state index in [1.54, 1.807) is 0 Å². The molecule has 1 aliphatic heterocycles. The molecule has 0 spiro atoms. The first-order valence-electron chi connectivity index (χ1n) is 5.31. The van der Waals surface area contributed by atoms with Crippen LogP contribution in [0, 0.1) is 0 Å². The first-order chi connectivity index (χ1) is 7.84. The highest BCUT2D eigenvalue weighted by molar-refractivity contribution is 7.98. The standard InChI is InChI=1S/C14H11ClS/c15-13-6-3-5-10-8-11-4-1-2-7-14(11)16-9-12(10)13/h1-7H,8-9H2. The van der Waals surface area contributed by atoms with E-state index < -0.39 is 0 Å². The van der Waals surface area contributed by atoms with Crippen LogP contribution in [0.25, 0.3) is 0 Å². The molecule has 3 rings (SSSR count). The average molecular weight is 247 g/mol. The van der Waals surface area contributed by atoms with Gasteiger partial charge in [-0.2, -0.15) is 0 Å². The van der Waals surface area contributed by atoms with E-state index in [0.717, 1.165) is 17.2 Å². The van der Waals surface area contributed by atoms with E-state index in [4.69, 9.17) is 11.6 Å². The van der Waals surface area contributed by atoms with Crippen LogP contribution in [0.1, 0.15) is 16.7 Å². The minimum atomic E-state index is 0.901. The van der Waals surface area contributed by atoms with Gasteiger partial charge in [0.2, 0.25) is 0 Å². The van der Waals surface area contributed by atoms with Crippen molar-refractivity contribution >= 4 is 23.4 Å². The number of rotatable bonds is 0. The van der Waals surface area contributed by atoms with Crippen LogP contribution in [0.5, 0.6) is 0 Å². The summed E-state index contributed by atoms with van der Waals surface area (Å²) < 4.78 is 0. The second-order valence-corrected chi connectivity index (χ2v) is 5.38. The number of thioether (sulfide) groups is 1. The molecule has 0 unspecified atom stereocenters. The van der Waals surface area contributed by atoms with E-state index in [-0.39, 0.29) is 0 Å². The van der Waals surface area contributed by atoms with Crippen molar-refractivity contribution in [2.45, 2.75) is 17.1 Å². The van der Waals surface area contributed by atoms with E-state index in [9.17, 15) is 0 Å². The molecule has 1 aliphatic rings. The second-order valence-electron chi connectivity index (χ2n) is 3.95. The summed E-state index contributed by atoms with van der Waals surface area (Å²) in [5, 5.41) is 0.901. The lowest BCUT2D eigenvalue weighted by Gasteiger charge is -2.06. The maximum Gasteiger partial charge on any atom is 0.0449 e. The minimum Gasteiger partial charge on any atom is -0.121 e. The number of fused-ring (bicyclic) bond motifs is 2. The molecule has 0 amide bonds. The Kier molecular flexibility index (Phi) is 2.66. The van der Waals surface area contributed by atoms with E-state index >= 15 is 0 Å². The zero-order valence-corrected chi connectivity index (χ0v) is 10.3. The fraction of sp³-hybridized carbons (Fsp3) is 0.143. The molecule has 0 radical (unpaired) electrons. The minimum absolute atomic E-state index is 0.901. The van der Waals surface area contributed by atoms with Crippen LogP contribution in [-0.2, 0) is 12.2 Å². The van der Waals surface area contributed by atoms with Crippen LogP contribution in [0.2, 0.25) is 5.02 Å². The van der Waals surface area contributed by atoms with Crippen molar-refractivity contribution in [1.29, 1.82) is 0 Å². The Hall–Kier alpha value is -0.920. The molecular formula is C14H11ClS. The monoisotopic (exact) mass is 246 g/mol. The Labute approximate surface area is 105 Å². The molecular weight excluding hydrogens is 236 g/mol. The zero-order valence-electron chi connectivity index (χ0n) is 8.74. The molecule has 80 valence electrons. The molecule has 0 bridgehead atoms. The number of benzene rings is 2. The van der Waals surface area contributed by atoms with Crippen LogP contribution in [0.15, 0.2) is 47.4 Å². The van der Waals surface area contributed by atoms with Crippen molar-refractivity contribution in [2.24, 2.45) is 0 Å². The third-order valence-electron chi connectivity index (χ3n) is 2.94. The van der Waals surface area contributed by atoms with Crippen LogP contribution >= 0.6 is 23.4 Å². The lowest BCUT2D eigenvalue weighted by atomic mass is 10.0. The summed E-state index contributed by atoms with van der Waals surface area (Å²) in [6.45, 7) is 0. The molecule has 0 saturated heterocycles. The Morgan fingerprint density at radius 3 is 2.69 bits per heavy atom. The zero-order chi connectivity index (χ0) is 11.0. The van der Waals surface area contributed by atoms with Gasteiger partial charge >= 0.3 is 0 Å². The first-order valence-corrected chi connectivity index (χ1v) is 6.68. The summed E-state index contributed by atoms with van der Waals surface area (Å²) in [7, 11) is 0. The van der Waals surface area contributed by atoms with Crippen molar-refractivity contribution in [2.75, 3.05) is 0 Å². The van der Waals surface area contributed by atoms with E-state index in [0.29, 0.717) is 0 Å². The fourth-order valence-electron chi connectivity index (χ4n) is 2.08. The van der Waals surface area contributed by atoms with Gasteiger partial charge in [-0.05, 0) is 35.2 Å². The van der Waals surface area contributed by atoms with E-state index in [1.165, 1.54) is 21.6 Å². The van der Waals surface area contributed by atoms with Gasteiger partial charge in [-0.15, -0.1) is 11.8 Å². The maximum absolute atomic E-state index is 6.24. The Morgan fingerprint density at radius 2 is 1.75 bits per heavy atom. The summed E-state index contributed by atoms with van der Waals surface area (Å²) in [6, 6.07) is 14.8. The molecule has 0 fully saturated rings. The van der Waals surface area contributed by atoms with Crippen LogP contribution in [0.4, 0.5) is 0 Å². The molecule has 2 aromatic carbocycles. The van der Waals surface area contributed by atoms with Gasteiger partial charge in [0.05, 0.1) is 0 Å². The lowest BCUT2D eigenvalue weighted by Crippen LogP contribution is -1.92. The average Bonchev–Trinajstić information content (AvgIpc) is 2.48. The highest BCUT2D eigenvalue weighted by Gasteiger charge is 2.14. The van der Waals surface area contributed by atoms with Crippen molar-refractivity contribution in [3.8, 4) is 0 Å². The van der Waals surface area contributed by atoms with Crippen LogP contribution in [0.3, 0.4) is 0 Å². The molecule has 1 heterocycles. The molecule has 0 saturated carbocycles. The van der Waals surface area contributed by atoms with Crippen molar-refractivity contribution < 1.29 is 0 Å². The van der Waals surface area contributed by atoms with E-state index in [2.05, 4.69) is 30.3 Å². The molecule has 0 aliphatic carbocycles. The van der Waals surface area contributed by atoms with Gasteiger partial charge in [0, 0.05) is 15.7 Å². The molecule has 2 heteroatoms. The second kappa shape index (κ2) is 4.15. The Morgan fingerprint density at radius 1 is 0.938 bits per heavy atom. The van der Waals surface area contributed by atoms with Gasteiger partial charge < -0.3 is 0 Å². The van der Waals surface area contributed by atoms with Gasteiger partial charge in [-0.1, -0.05) is 41.9 Å². The topological polar surface area (TPSA) is 0 Å². The molecule has 16 heavy (non-hydrogen) atoms. The predicted octanol–water partition coefficient (Wildman–Crippen LogP) is 4.54. The third-order valence-corrected chi connectivity index (χ3v) is 4.44. The van der Waals surface area contributed by atoms with Gasteiger partial charge in [0.15, 0.2) is 0 Å². The van der Waals surface area contributed by atoms with Gasteiger partial charge in [-0.25, -0.2) is 0 Å². The summed E-state index contributed by atoms with van der Waals surface area (Å²) in [5.41, 5.74) is 4.07. The molecule has 0 aromatic heterocycles. The SMILES string of the molecule is Clc1cccc2c1CSc1ccccc1C2. The van der Waals surface area contributed by atoms with Crippen molar-refractivity contribution in [3.63, 3.8) is 0 Å². The van der Waals surface area contributed by atoms with Crippen molar-refractivity contribution in [3.05, 3.63) is 64.2 Å². The number of halogens is 1. The molecule has 0 atom stereocenters. The predicted molar refractivity (Wildman–Crippen MR) is 70.3 cm³/mol. The summed E-state index contributed by atoms with van der Waals surface area (Å²) in [6.07, 6.45) is 0.999. The largest absolute Gasteiger partial charge is 0.121 e. The maximum atomic E-state index is 6.24. The fourth-order valence-corrected chi connectivity index (χ4v) is 3.56. The summed E-state index contributed by atoms with van der Waals surface area (Å²) in [5.74, 6) is 0.978. The summed E-state index contributed by atoms with van der Waals surface area (Å²) in [4.78, 5) is 1.38. The number of hydrogen-bond donors (Lipinski definition) is 0. The van der Waals surface area contributed by atoms with E-state index in [1.807, 2.05) is 23.9 Å².